The number of aromatic nitrogens is 3. The maximum Gasteiger partial charge on any atom is 0.253 e. The van der Waals surface area contributed by atoms with E-state index in [2.05, 4.69) is 22.1 Å². The van der Waals surface area contributed by atoms with Crippen LogP contribution < -0.4 is 4.90 Å². The molecule has 5 rings (SSSR count). The lowest BCUT2D eigenvalue weighted by Crippen LogP contribution is -2.49. The van der Waals surface area contributed by atoms with E-state index in [-0.39, 0.29) is 5.91 Å². The number of fused-ring (bicyclic) bond motifs is 1. The molecule has 1 aliphatic rings. The van der Waals surface area contributed by atoms with Crippen molar-refractivity contribution in [2.45, 2.75) is 13.5 Å². The van der Waals surface area contributed by atoms with Crippen molar-refractivity contribution in [2.75, 3.05) is 31.1 Å². The summed E-state index contributed by atoms with van der Waals surface area (Å²) in [5, 5.41) is 9.18. The highest BCUT2D eigenvalue weighted by Gasteiger charge is 2.23. The number of para-hydroxylation sites is 1. The summed E-state index contributed by atoms with van der Waals surface area (Å²) < 4.78 is 1.88. The largest absolute Gasteiger partial charge is 0.368 e. The average Bonchev–Trinajstić information content (AvgIpc) is 3.24. The molecule has 2 heterocycles. The van der Waals surface area contributed by atoms with Crippen LogP contribution in [-0.4, -0.2) is 52.0 Å². The number of nitrogens with zero attached hydrogens (tertiary/aromatic N) is 5. The summed E-state index contributed by atoms with van der Waals surface area (Å²) in [5.41, 5.74) is 6.02. The van der Waals surface area contributed by atoms with Crippen molar-refractivity contribution in [3.63, 3.8) is 0 Å². The first-order valence-electron chi connectivity index (χ1n) is 10.8. The fraction of sp³-hybridized carbons (Fsp3) is 0.240. The highest BCUT2D eigenvalue weighted by molar-refractivity contribution is 6.30. The molecule has 1 amide bonds. The Morgan fingerprint density at radius 1 is 0.969 bits per heavy atom. The molecule has 32 heavy (non-hydrogen) atoms. The number of rotatable bonds is 4. The summed E-state index contributed by atoms with van der Waals surface area (Å²) in [6, 6.07) is 21.7. The lowest BCUT2D eigenvalue weighted by Gasteiger charge is -2.37. The van der Waals surface area contributed by atoms with Crippen LogP contribution >= 0.6 is 11.6 Å². The minimum absolute atomic E-state index is 0.0743. The zero-order valence-electron chi connectivity index (χ0n) is 17.9. The van der Waals surface area contributed by atoms with E-state index >= 15 is 0 Å². The van der Waals surface area contributed by atoms with Gasteiger partial charge in [-0.05, 0) is 54.4 Å². The predicted octanol–water partition coefficient (Wildman–Crippen LogP) is 4.40. The van der Waals surface area contributed by atoms with Gasteiger partial charge in [-0.3, -0.25) is 4.79 Å². The maximum absolute atomic E-state index is 13.0. The van der Waals surface area contributed by atoms with Crippen LogP contribution in [0.1, 0.15) is 21.5 Å². The molecule has 6 nitrogen and oxygen atoms in total. The van der Waals surface area contributed by atoms with Gasteiger partial charge >= 0.3 is 0 Å². The zero-order valence-corrected chi connectivity index (χ0v) is 18.7. The standard InChI is InChI=1S/C25H24ClN5O/c1-18-6-11-21(26)16-24(18)29-12-14-30(15-13-29)25(32)20-9-7-19(8-10-20)17-31-23-5-3-2-4-22(23)27-28-31/h2-11,16H,12-15,17H2,1H3. The van der Waals surface area contributed by atoms with Crippen LogP contribution in [-0.2, 0) is 6.54 Å². The molecule has 162 valence electrons. The minimum Gasteiger partial charge on any atom is -0.368 e. The molecule has 0 radical (unpaired) electrons. The Balaban J connectivity index is 1.23. The molecule has 0 aliphatic carbocycles. The molecule has 1 saturated heterocycles. The summed E-state index contributed by atoms with van der Waals surface area (Å²) >= 11 is 6.18. The fourth-order valence-corrected chi connectivity index (χ4v) is 4.38. The van der Waals surface area contributed by atoms with Gasteiger partial charge in [-0.1, -0.05) is 47.1 Å². The third kappa shape index (κ3) is 4.06. The van der Waals surface area contributed by atoms with Crippen LogP contribution in [0.4, 0.5) is 5.69 Å². The molecular weight excluding hydrogens is 422 g/mol. The first kappa shape index (κ1) is 20.5. The van der Waals surface area contributed by atoms with E-state index in [0.29, 0.717) is 25.2 Å². The van der Waals surface area contributed by atoms with Gasteiger partial charge in [-0.25, -0.2) is 4.68 Å². The molecule has 1 aromatic heterocycles. The number of aryl methyl sites for hydroxylation is 1. The van der Waals surface area contributed by atoms with Crippen LogP contribution in [0, 0.1) is 6.92 Å². The molecule has 7 heteroatoms. The predicted molar refractivity (Wildman–Crippen MR) is 127 cm³/mol. The topological polar surface area (TPSA) is 54.3 Å². The van der Waals surface area contributed by atoms with Gasteiger partial charge in [-0.2, -0.15) is 0 Å². The van der Waals surface area contributed by atoms with E-state index in [1.54, 1.807) is 0 Å². The number of halogens is 1. The Labute approximate surface area is 192 Å². The Morgan fingerprint density at radius 3 is 2.50 bits per heavy atom. The Morgan fingerprint density at radius 2 is 1.72 bits per heavy atom. The molecule has 0 saturated carbocycles. The first-order valence-corrected chi connectivity index (χ1v) is 11.1. The molecule has 0 spiro atoms. The van der Waals surface area contributed by atoms with Crippen molar-refractivity contribution in [3.8, 4) is 0 Å². The van der Waals surface area contributed by atoms with E-state index in [4.69, 9.17) is 11.6 Å². The molecule has 3 aromatic carbocycles. The molecule has 4 aromatic rings. The molecule has 0 bridgehead atoms. The van der Waals surface area contributed by atoms with Crippen molar-refractivity contribution in [1.29, 1.82) is 0 Å². The van der Waals surface area contributed by atoms with Crippen molar-refractivity contribution in [1.82, 2.24) is 19.9 Å². The number of amides is 1. The number of carbonyl (C=O) groups excluding carboxylic acids is 1. The summed E-state index contributed by atoms with van der Waals surface area (Å²) in [6.45, 7) is 5.68. The number of hydrogen-bond donors (Lipinski definition) is 0. The quantitative estimate of drug-likeness (QED) is 0.467. The van der Waals surface area contributed by atoms with E-state index in [1.807, 2.05) is 76.3 Å². The highest BCUT2D eigenvalue weighted by atomic mass is 35.5. The monoisotopic (exact) mass is 445 g/mol. The third-order valence-electron chi connectivity index (χ3n) is 6.03. The van der Waals surface area contributed by atoms with E-state index in [9.17, 15) is 4.79 Å². The van der Waals surface area contributed by atoms with Gasteiger partial charge in [0.15, 0.2) is 0 Å². The molecule has 1 fully saturated rings. The van der Waals surface area contributed by atoms with Gasteiger partial charge in [-0.15, -0.1) is 5.10 Å². The van der Waals surface area contributed by atoms with Crippen LogP contribution in [0.2, 0.25) is 5.02 Å². The summed E-state index contributed by atoms with van der Waals surface area (Å²) in [7, 11) is 0. The highest BCUT2D eigenvalue weighted by Crippen LogP contribution is 2.25. The second-order valence-corrected chi connectivity index (χ2v) is 8.58. The zero-order chi connectivity index (χ0) is 22.1. The van der Waals surface area contributed by atoms with Gasteiger partial charge < -0.3 is 9.80 Å². The number of anilines is 1. The van der Waals surface area contributed by atoms with Crippen molar-refractivity contribution < 1.29 is 4.79 Å². The number of benzene rings is 3. The molecule has 0 N–H and O–H groups in total. The van der Waals surface area contributed by atoms with Crippen LogP contribution in [0.5, 0.6) is 0 Å². The van der Waals surface area contributed by atoms with E-state index in [1.165, 1.54) is 5.56 Å². The first-order chi connectivity index (χ1) is 15.6. The van der Waals surface area contributed by atoms with Crippen molar-refractivity contribution in [2.24, 2.45) is 0 Å². The number of carbonyl (C=O) groups is 1. The smallest absolute Gasteiger partial charge is 0.253 e. The van der Waals surface area contributed by atoms with Gasteiger partial charge in [0.2, 0.25) is 0 Å². The lowest BCUT2D eigenvalue weighted by molar-refractivity contribution is 0.0747. The van der Waals surface area contributed by atoms with Crippen LogP contribution in [0.3, 0.4) is 0 Å². The molecule has 1 aliphatic heterocycles. The molecule has 0 unspecified atom stereocenters. The average molecular weight is 446 g/mol. The summed E-state index contributed by atoms with van der Waals surface area (Å²) in [6.07, 6.45) is 0. The number of hydrogen-bond acceptors (Lipinski definition) is 4. The maximum atomic E-state index is 13.0. The van der Waals surface area contributed by atoms with Crippen LogP contribution in [0.15, 0.2) is 66.7 Å². The third-order valence-corrected chi connectivity index (χ3v) is 6.27. The summed E-state index contributed by atoms with van der Waals surface area (Å²) in [4.78, 5) is 17.3. The van der Waals surface area contributed by atoms with Gasteiger partial charge in [0.1, 0.15) is 5.52 Å². The van der Waals surface area contributed by atoms with Gasteiger partial charge in [0.25, 0.3) is 5.91 Å². The van der Waals surface area contributed by atoms with E-state index in [0.717, 1.165) is 40.4 Å². The second-order valence-electron chi connectivity index (χ2n) is 8.14. The molecule has 0 atom stereocenters. The Kier molecular flexibility index (Phi) is 5.53. The number of piperazine rings is 1. The normalized spacial score (nSPS) is 14.2. The summed E-state index contributed by atoms with van der Waals surface area (Å²) in [5.74, 6) is 0.0743. The Hall–Kier alpha value is -3.38. The Bertz CT molecular complexity index is 1260. The van der Waals surface area contributed by atoms with Crippen molar-refractivity contribution >= 4 is 34.2 Å². The SMILES string of the molecule is Cc1ccc(Cl)cc1N1CCN(C(=O)c2ccc(Cn3nnc4ccccc43)cc2)CC1. The van der Waals surface area contributed by atoms with Crippen molar-refractivity contribution in [3.05, 3.63) is 88.4 Å². The van der Waals surface area contributed by atoms with Gasteiger partial charge in [0, 0.05) is 42.5 Å². The minimum atomic E-state index is 0.0743. The van der Waals surface area contributed by atoms with Gasteiger partial charge in [0.05, 0.1) is 12.1 Å². The molecular formula is C25H24ClN5O. The lowest BCUT2D eigenvalue weighted by atomic mass is 10.1. The fourth-order valence-electron chi connectivity index (χ4n) is 4.22. The van der Waals surface area contributed by atoms with Crippen LogP contribution in [0.25, 0.3) is 11.0 Å². The second kappa shape index (κ2) is 8.63. The van der Waals surface area contributed by atoms with E-state index < -0.39 is 0 Å².